The highest BCUT2D eigenvalue weighted by molar-refractivity contribution is 4.93. The number of nitrogens with zero attached hydrogens (tertiary/aromatic N) is 1. The zero-order valence-electron chi connectivity index (χ0n) is 11.1. The van der Waals surface area contributed by atoms with Crippen molar-refractivity contribution < 1.29 is 9.84 Å². The quantitative estimate of drug-likeness (QED) is 0.763. The summed E-state index contributed by atoms with van der Waals surface area (Å²) in [5.74, 6) is 0. The minimum atomic E-state index is -0.744. The lowest BCUT2D eigenvalue weighted by Gasteiger charge is -2.43. The summed E-state index contributed by atoms with van der Waals surface area (Å²) in [6.07, 6.45) is 4.87. The minimum absolute atomic E-state index is 0.329. The number of ether oxygens (including phenoxy) is 1. The van der Waals surface area contributed by atoms with Crippen LogP contribution in [0.4, 0.5) is 0 Å². The van der Waals surface area contributed by atoms with Crippen LogP contribution in [0.3, 0.4) is 0 Å². The topological polar surface area (TPSA) is 58.7 Å². The lowest BCUT2D eigenvalue weighted by atomic mass is 9.95. The summed E-state index contributed by atoms with van der Waals surface area (Å²) in [6, 6.07) is 0.940. The number of morpholine rings is 1. The van der Waals surface area contributed by atoms with Gasteiger partial charge in [-0.2, -0.15) is 0 Å². The molecule has 0 aromatic carbocycles. The van der Waals surface area contributed by atoms with Crippen LogP contribution in [0.25, 0.3) is 0 Å². The normalized spacial score (nSPS) is 35.3. The van der Waals surface area contributed by atoms with E-state index in [1.54, 1.807) is 0 Å². The van der Waals surface area contributed by atoms with Gasteiger partial charge in [0, 0.05) is 25.2 Å². The molecule has 0 spiro atoms. The van der Waals surface area contributed by atoms with Gasteiger partial charge in [-0.15, -0.1) is 0 Å². The molecule has 4 atom stereocenters. The van der Waals surface area contributed by atoms with E-state index >= 15 is 0 Å². The maximum Gasteiger partial charge on any atom is 0.0756 e. The van der Waals surface area contributed by atoms with Crippen molar-refractivity contribution in [3.05, 3.63) is 0 Å². The molecule has 1 saturated carbocycles. The van der Waals surface area contributed by atoms with Crippen LogP contribution in [0.2, 0.25) is 0 Å². The number of hydrogen-bond acceptors (Lipinski definition) is 4. The highest BCUT2D eigenvalue weighted by atomic mass is 16.5. The fourth-order valence-electron chi connectivity index (χ4n) is 3.34. The van der Waals surface area contributed by atoms with E-state index in [1.807, 2.05) is 6.92 Å². The molecule has 1 saturated heterocycles. The van der Waals surface area contributed by atoms with Gasteiger partial charge in [0.25, 0.3) is 0 Å². The average Bonchev–Trinajstić information content (AvgIpc) is 2.76. The van der Waals surface area contributed by atoms with Crippen LogP contribution in [0.5, 0.6) is 0 Å². The van der Waals surface area contributed by atoms with E-state index in [0.29, 0.717) is 24.7 Å². The molecule has 0 bridgehead atoms. The van der Waals surface area contributed by atoms with Gasteiger partial charge in [-0.1, -0.05) is 0 Å². The summed E-state index contributed by atoms with van der Waals surface area (Å²) in [5, 5.41) is 10.1. The van der Waals surface area contributed by atoms with Crippen molar-refractivity contribution in [2.45, 2.75) is 63.3 Å². The zero-order valence-corrected chi connectivity index (χ0v) is 11.1. The molecule has 17 heavy (non-hydrogen) atoms. The Kier molecular flexibility index (Phi) is 4.08. The van der Waals surface area contributed by atoms with E-state index in [9.17, 15) is 5.11 Å². The first-order valence-electron chi connectivity index (χ1n) is 6.83. The number of fused-ring (bicyclic) bond motifs is 1. The number of rotatable bonds is 4. The molecular formula is C13H26N2O2. The third kappa shape index (κ3) is 2.99. The second-order valence-corrected chi connectivity index (χ2v) is 5.90. The van der Waals surface area contributed by atoms with E-state index in [1.165, 1.54) is 19.3 Å². The SMILES string of the molecule is CC(CC(C)(O)CN)N1CCOC2CCCC21. The van der Waals surface area contributed by atoms with Gasteiger partial charge < -0.3 is 15.6 Å². The van der Waals surface area contributed by atoms with Crippen LogP contribution in [0.15, 0.2) is 0 Å². The molecular weight excluding hydrogens is 216 g/mol. The van der Waals surface area contributed by atoms with E-state index in [2.05, 4.69) is 11.8 Å². The number of nitrogens with two attached hydrogens (primary N) is 1. The van der Waals surface area contributed by atoms with Crippen molar-refractivity contribution in [1.29, 1.82) is 0 Å². The molecule has 1 aliphatic heterocycles. The van der Waals surface area contributed by atoms with Gasteiger partial charge in [0.05, 0.1) is 18.3 Å². The third-order valence-corrected chi connectivity index (χ3v) is 4.27. The van der Waals surface area contributed by atoms with Crippen molar-refractivity contribution in [1.82, 2.24) is 4.90 Å². The summed E-state index contributed by atoms with van der Waals surface area (Å²) in [5.41, 5.74) is 4.85. The van der Waals surface area contributed by atoms with E-state index in [4.69, 9.17) is 10.5 Å². The molecule has 2 fully saturated rings. The maximum atomic E-state index is 10.1. The Morgan fingerprint density at radius 2 is 2.29 bits per heavy atom. The van der Waals surface area contributed by atoms with Gasteiger partial charge in [0.2, 0.25) is 0 Å². The van der Waals surface area contributed by atoms with E-state index in [-0.39, 0.29) is 0 Å². The molecule has 2 aliphatic rings. The highest BCUT2D eigenvalue weighted by Gasteiger charge is 2.39. The van der Waals surface area contributed by atoms with Crippen LogP contribution in [0.1, 0.15) is 39.5 Å². The third-order valence-electron chi connectivity index (χ3n) is 4.27. The van der Waals surface area contributed by atoms with Crippen LogP contribution in [-0.4, -0.2) is 53.5 Å². The van der Waals surface area contributed by atoms with Crippen molar-refractivity contribution in [3.8, 4) is 0 Å². The first kappa shape index (κ1) is 13.3. The number of hydrogen-bond donors (Lipinski definition) is 2. The highest BCUT2D eigenvalue weighted by Crippen LogP contribution is 2.32. The molecule has 0 aromatic heterocycles. The zero-order chi connectivity index (χ0) is 12.5. The number of aliphatic hydroxyl groups is 1. The molecule has 4 unspecified atom stereocenters. The first-order valence-corrected chi connectivity index (χ1v) is 6.83. The Morgan fingerprint density at radius 3 is 3.00 bits per heavy atom. The Balaban J connectivity index is 1.96. The van der Waals surface area contributed by atoms with Gasteiger partial charge in [-0.3, -0.25) is 4.90 Å². The van der Waals surface area contributed by atoms with Crippen molar-refractivity contribution in [3.63, 3.8) is 0 Å². The lowest BCUT2D eigenvalue weighted by molar-refractivity contribution is -0.0808. The van der Waals surface area contributed by atoms with Crippen LogP contribution >= 0.6 is 0 Å². The monoisotopic (exact) mass is 242 g/mol. The van der Waals surface area contributed by atoms with Crippen molar-refractivity contribution >= 4 is 0 Å². The predicted molar refractivity (Wildman–Crippen MR) is 67.8 cm³/mol. The second kappa shape index (κ2) is 5.22. The summed E-state index contributed by atoms with van der Waals surface area (Å²) in [4.78, 5) is 2.52. The molecule has 1 heterocycles. The van der Waals surface area contributed by atoms with E-state index in [0.717, 1.165) is 19.6 Å². The molecule has 0 radical (unpaired) electrons. The van der Waals surface area contributed by atoms with Crippen molar-refractivity contribution in [2.24, 2.45) is 5.73 Å². The smallest absolute Gasteiger partial charge is 0.0756 e. The first-order chi connectivity index (χ1) is 8.03. The van der Waals surface area contributed by atoms with Gasteiger partial charge in [-0.05, 0) is 39.5 Å². The molecule has 100 valence electrons. The summed E-state index contributed by atoms with van der Waals surface area (Å²) in [6.45, 7) is 6.18. The maximum absolute atomic E-state index is 10.1. The molecule has 4 nitrogen and oxygen atoms in total. The second-order valence-electron chi connectivity index (χ2n) is 5.90. The fourth-order valence-corrected chi connectivity index (χ4v) is 3.34. The Bertz CT molecular complexity index is 258. The summed E-state index contributed by atoms with van der Waals surface area (Å²) in [7, 11) is 0. The Morgan fingerprint density at radius 1 is 1.53 bits per heavy atom. The average molecular weight is 242 g/mol. The van der Waals surface area contributed by atoms with Gasteiger partial charge in [-0.25, -0.2) is 0 Å². The molecule has 3 N–H and O–H groups in total. The summed E-state index contributed by atoms with van der Waals surface area (Å²) >= 11 is 0. The lowest BCUT2D eigenvalue weighted by Crippen LogP contribution is -2.54. The van der Waals surface area contributed by atoms with Crippen LogP contribution in [0, 0.1) is 0 Å². The Hall–Kier alpha value is -0.160. The minimum Gasteiger partial charge on any atom is -0.389 e. The van der Waals surface area contributed by atoms with E-state index < -0.39 is 5.60 Å². The largest absolute Gasteiger partial charge is 0.389 e. The van der Waals surface area contributed by atoms with Crippen molar-refractivity contribution in [2.75, 3.05) is 19.7 Å². The summed E-state index contributed by atoms with van der Waals surface area (Å²) < 4.78 is 5.81. The van der Waals surface area contributed by atoms with Gasteiger partial charge >= 0.3 is 0 Å². The van der Waals surface area contributed by atoms with Crippen LogP contribution in [-0.2, 0) is 4.74 Å². The van der Waals surface area contributed by atoms with Gasteiger partial charge in [0.1, 0.15) is 0 Å². The van der Waals surface area contributed by atoms with Crippen LogP contribution < -0.4 is 5.73 Å². The molecule has 0 amide bonds. The fraction of sp³-hybridized carbons (Fsp3) is 1.00. The molecule has 0 aromatic rings. The predicted octanol–water partition coefficient (Wildman–Crippen LogP) is 0.728. The molecule has 1 aliphatic carbocycles. The Labute approximate surface area is 104 Å². The van der Waals surface area contributed by atoms with Gasteiger partial charge in [0.15, 0.2) is 0 Å². The molecule has 2 rings (SSSR count). The molecule has 4 heteroatoms. The standard InChI is InChI=1S/C13H26N2O2/c1-10(8-13(2,16)9-14)15-6-7-17-12-5-3-4-11(12)15/h10-12,16H,3-9,14H2,1-2H3.